The Morgan fingerprint density at radius 1 is 1.45 bits per heavy atom. The van der Waals surface area contributed by atoms with Crippen LogP contribution in [0.3, 0.4) is 0 Å². The lowest BCUT2D eigenvalue weighted by molar-refractivity contribution is -0.110. The summed E-state index contributed by atoms with van der Waals surface area (Å²) in [6, 6.07) is 0. The van der Waals surface area contributed by atoms with Gasteiger partial charge in [0.1, 0.15) is 6.29 Å². The molecular weight excluding hydrogens is 140 g/mol. The van der Waals surface area contributed by atoms with Gasteiger partial charge in [0.15, 0.2) is 0 Å². The Kier molecular flexibility index (Phi) is 3.57. The molecule has 0 radical (unpaired) electrons. The highest BCUT2D eigenvalue weighted by atomic mass is 16.5. The maximum Gasteiger partial charge on any atom is 0.120 e. The molecule has 1 saturated carbocycles. The SMILES string of the molecule is CO[C@@H]1CCCC[C@H]1CC=O. The van der Waals surface area contributed by atoms with Crippen LogP contribution in [-0.4, -0.2) is 19.5 Å². The van der Waals surface area contributed by atoms with Crippen molar-refractivity contribution in [1.82, 2.24) is 0 Å². The van der Waals surface area contributed by atoms with Crippen LogP contribution in [0.5, 0.6) is 0 Å². The van der Waals surface area contributed by atoms with E-state index in [-0.39, 0.29) is 0 Å². The van der Waals surface area contributed by atoms with Gasteiger partial charge in [-0.25, -0.2) is 0 Å². The Labute approximate surface area is 67.9 Å². The summed E-state index contributed by atoms with van der Waals surface area (Å²) in [5, 5.41) is 0. The highest BCUT2D eigenvalue weighted by Gasteiger charge is 2.23. The monoisotopic (exact) mass is 156 g/mol. The van der Waals surface area contributed by atoms with Gasteiger partial charge in [-0.05, 0) is 18.8 Å². The van der Waals surface area contributed by atoms with Crippen LogP contribution < -0.4 is 0 Å². The van der Waals surface area contributed by atoms with Crippen molar-refractivity contribution in [3.8, 4) is 0 Å². The lowest BCUT2D eigenvalue weighted by Gasteiger charge is -2.28. The highest BCUT2D eigenvalue weighted by Crippen LogP contribution is 2.27. The first-order valence-corrected chi connectivity index (χ1v) is 4.35. The van der Waals surface area contributed by atoms with Crippen molar-refractivity contribution in [3.05, 3.63) is 0 Å². The van der Waals surface area contributed by atoms with E-state index in [1.54, 1.807) is 7.11 Å². The average Bonchev–Trinajstić information content (AvgIpc) is 2.06. The van der Waals surface area contributed by atoms with Crippen LogP contribution in [0.2, 0.25) is 0 Å². The van der Waals surface area contributed by atoms with Crippen LogP contribution in [0.4, 0.5) is 0 Å². The molecule has 0 saturated heterocycles. The molecule has 2 atom stereocenters. The first kappa shape index (κ1) is 8.72. The van der Waals surface area contributed by atoms with Gasteiger partial charge in [-0.3, -0.25) is 0 Å². The summed E-state index contributed by atoms with van der Waals surface area (Å²) >= 11 is 0. The second kappa shape index (κ2) is 4.50. The van der Waals surface area contributed by atoms with Crippen molar-refractivity contribution in [1.29, 1.82) is 0 Å². The minimum absolute atomic E-state index is 0.342. The van der Waals surface area contributed by atoms with Crippen LogP contribution in [0, 0.1) is 5.92 Å². The van der Waals surface area contributed by atoms with E-state index in [1.165, 1.54) is 12.8 Å². The number of ether oxygens (including phenoxy) is 1. The number of aldehydes is 1. The summed E-state index contributed by atoms with van der Waals surface area (Å²) < 4.78 is 5.30. The lowest BCUT2D eigenvalue weighted by atomic mass is 9.85. The summed E-state index contributed by atoms with van der Waals surface area (Å²) in [5.41, 5.74) is 0. The molecule has 0 aromatic rings. The van der Waals surface area contributed by atoms with Gasteiger partial charge in [0, 0.05) is 13.5 Å². The molecule has 0 spiro atoms. The Morgan fingerprint density at radius 3 is 2.82 bits per heavy atom. The minimum Gasteiger partial charge on any atom is -0.381 e. The summed E-state index contributed by atoms with van der Waals surface area (Å²) in [5.74, 6) is 0.492. The Balaban J connectivity index is 2.37. The van der Waals surface area contributed by atoms with E-state index in [2.05, 4.69) is 0 Å². The third kappa shape index (κ3) is 2.29. The molecule has 1 aliphatic rings. The maximum atomic E-state index is 10.3. The minimum atomic E-state index is 0.342. The highest BCUT2D eigenvalue weighted by molar-refractivity contribution is 5.49. The van der Waals surface area contributed by atoms with Crippen LogP contribution in [0.15, 0.2) is 0 Å². The molecule has 64 valence electrons. The molecule has 1 rings (SSSR count). The Morgan fingerprint density at radius 2 is 2.18 bits per heavy atom. The molecule has 0 N–H and O–H groups in total. The number of rotatable bonds is 3. The molecule has 0 aliphatic heterocycles. The predicted octanol–water partition coefficient (Wildman–Crippen LogP) is 1.78. The van der Waals surface area contributed by atoms with E-state index in [0.29, 0.717) is 18.4 Å². The van der Waals surface area contributed by atoms with Gasteiger partial charge in [-0.2, -0.15) is 0 Å². The smallest absolute Gasteiger partial charge is 0.120 e. The zero-order valence-corrected chi connectivity index (χ0v) is 7.08. The molecule has 1 aliphatic carbocycles. The van der Waals surface area contributed by atoms with E-state index in [0.717, 1.165) is 19.1 Å². The first-order chi connectivity index (χ1) is 5.38. The number of carbonyl (C=O) groups excluding carboxylic acids is 1. The van der Waals surface area contributed by atoms with E-state index < -0.39 is 0 Å². The lowest BCUT2D eigenvalue weighted by Crippen LogP contribution is -2.26. The van der Waals surface area contributed by atoms with Crippen LogP contribution in [0.25, 0.3) is 0 Å². The molecule has 0 unspecified atom stereocenters. The zero-order chi connectivity index (χ0) is 8.10. The van der Waals surface area contributed by atoms with Crippen molar-refractivity contribution < 1.29 is 9.53 Å². The number of hydrogen-bond donors (Lipinski definition) is 0. The quantitative estimate of drug-likeness (QED) is 0.582. The fraction of sp³-hybridized carbons (Fsp3) is 0.889. The summed E-state index contributed by atoms with van der Waals surface area (Å²) in [6.45, 7) is 0. The third-order valence-electron chi connectivity index (χ3n) is 2.54. The van der Waals surface area contributed by atoms with Gasteiger partial charge >= 0.3 is 0 Å². The molecule has 2 heteroatoms. The van der Waals surface area contributed by atoms with E-state index >= 15 is 0 Å². The van der Waals surface area contributed by atoms with Crippen molar-refractivity contribution in [3.63, 3.8) is 0 Å². The molecule has 11 heavy (non-hydrogen) atoms. The fourth-order valence-corrected chi connectivity index (χ4v) is 1.88. The summed E-state index contributed by atoms with van der Waals surface area (Å²) in [6.07, 6.45) is 6.85. The molecule has 2 nitrogen and oxygen atoms in total. The second-order valence-corrected chi connectivity index (χ2v) is 3.22. The van der Waals surface area contributed by atoms with Crippen molar-refractivity contribution >= 4 is 6.29 Å². The van der Waals surface area contributed by atoms with Gasteiger partial charge in [0.05, 0.1) is 6.10 Å². The van der Waals surface area contributed by atoms with E-state index in [1.807, 2.05) is 0 Å². The van der Waals surface area contributed by atoms with Gasteiger partial charge in [0.25, 0.3) is 0 Å². The second-order valence-electron chi connectivity index (χ2n) is 3.22. The molecule has 0 heterocycles. The normalized spacial score (nSPS) is 31.7. The Hall–Kier alpha value is -0.370. The zero-order valence-electron chi connectivity index (χ0n) is 7.08. The van der Waals surface area contributed by atoms with Crippen molar-refractivity contribution in [2.24, 2.45) is 5.92 Å². The third-order valence-corrected chi connectivity index (χ3v) is 2.54. The van der Waals surface area contributed by atoms with Gasteiger partial charge < -0.3 is 9.53 Å². The molecule has 1 fully saturated rings. The average molecular weight is 156 g/mol. The predicted molar refractivity (Wildman–Crippen MR) is 43.4 cm³/mol. The van der Waals surface area contributed by atoms with E-state index in [9.17, 15) is 4.79 Å². The van der Waals surface area contributed by atoms with E-state index in [4.69, 9.17) is 4.74 Å². The molecule has 0 aromatic heterocycles. The largest absolute Gasteiger partial charge is 0.381 e. The first-order valence-electron chi connectivity index (χ1n) is 4.35. The standard InChI is InChI=1S/C9H16O2/c1-11-9-5-3-2-4-8(9)6-7-10/h7-9H,2-6H2,1H3/t8-,9+/m0/s1. The van der Waals surface area contributed by atoms with Crippen molar-refractivity contribution in [2.75, 3.05) is 7.11 Å². The molecule has 0 amide bonds. The molecule has 0 bridgehead atoms. The number of methoxy groups -OCH3 is 1. The fourth-order valence-electron chi connectivity index (χ4n) is 1.88. The molecular formula is C9H16O2. The summed E-state index contributed by atoms with van der Waals surface area (Å²) in [7, 11) is 1.74. The van der Waals surface area contributed by atoms with Gasteiger partial charge in [-0.15, -0.1) is 0 Å². The summed E-state index contributed by atoms with van der Waals surface area (Å²) in [4.78, 5) is 10.3. The van der Waals surface area contributed by atoms with Crippen LogP contribution in [-0.2, 0) is 9.53 Å². The van der Waals surface area contributed by atoms with Crippen LogP contribution >= 0.6 is 0 Å². The van der Waals surface area contributed by atoms with Crippen molar-refractivity contribution in [2.45, 2.75) is 38.2 Å². The number of carbonyl (C=O) groups is 1. The Bertz CT molecular complexity index is 123. The van der Waals surface area contributed by atoms with Crippen LogP contribution in [0.1, 0.15) is 32.1 Å². The maximum absolute atomic E-state index is 10.3. The topological polar surface area (TPSA) is 26.3 Å². The molecule has 0 aromatic carbocycles. The van der Waals surface area contributed by atoms with Gasteiger partial charge in [0.2, 0.25) is 0 Å². The van der Waals surface area contributed by atoms with Gasteiger partial charge in [-0.1, -0.05) is 12.8 Å². The number of hydrogen-bond acceptors (Lipinski definition) is 2.